The van der Waals surface area contributed by atoms with Crippen molar-refractivity contribution in [1.82, 2.24) is 5.32 Å². The summed E-state index contributed by atoms with van der Waals surface area (Å²) in [6, 6.07) is 19.5. The zero-order chi connectivity index (χ0) is 13.7. The van der Waals surface area contributed by atoms with Crippen LogP contribution < -0.4 is 5.32 Å². The molecule has 3 heteroatoms. The molecule has 2 rings (SSSR count). The molecule has 0 aliphatic rings. The third-order valence-electron chi connectivity index (χ3n) is 3.03. The Morgan fingerprint density at radius 3 is 2.37 bits per heavy atom. The van der Waals surface area contributed by atoms with Gasteiger partial charge in [-0.05, 0) is 30.2 Å². The van der Waals surface area contributed by atoms with Gasteiger partial charge in [0.2, 0.25) is 0 Å². The highest BCUT2D eigenvalue weighted by Crippen LogP contribution is 2.21. The fourth-order valence-corrected chi connectivity index (χ4v) is 2.18. The van der Waals surface area contributed by atoms with E-state index < -0.39 is 0 Å². The second-order valence-corrected chi connectivity index (χ2v) is 4.85. The van der Waals surface area contributed by atoms with E-state index in [-0.39, 0.29) is 12.1 Å². The van der Waals surface area contributed by atoms with Gasteiger partial charge < -0.3 is 0 Å². The Hall–Kier alpha value is -1.82. The smallest absolute Gasteiger partial charge is 0.121 e. The summed E-state index contributed by atoms with van der Waals surface area (Å²) in [5.41, 5.74) is 2.04. The minimum absolute atomic E-state index is 0.102. The first-order valence-electron chi connectivity index (χ1n) is 6.17. The van der Waals surface area contributed by atoms with Crippen molar-refractivity contribution in [1.29, 1.82) is 5.26 Å². The van der Waals surface area contributed by atoms with Gasteiger partial charge in [0.05, 0.1) is 6.07 Å². The molecule has 0 bridgehead atoms. The number of hydrogen-bond donors (Lipinski definition) is 1. The summed E-state index contributed by atoms with van der Waals surface area (Å²) < 4.78 is 0. The van der Waals surface area contributed by atoms with Crippen LogP contribution in [0.2, 0.25) is 5.02 Å². The Labute approximate surface area is 118 Å². The van der Waals surface area contributed by atoms with E-state index >= 15 is 0 Å². The molecule has 0 radical (unpaired) electrons. The first kappa shape index (κ1) is 13.6. The van der Waals surface area contributed by atoms with E-state index in [1.165, 1.54) is 0 Å². The molecule has 0 unspecified atom stereocenters. The van der Waals surface area contributed by atoms with E-state index in [0.717, 1.165) is 11.1 Å². The van der Waals surface area contributed by atoms with E-state index in [9.17, 15) is 5.26 Å². The lowest BCUT2D eigenvalue weighted by molar-refractivity contribution is 0.533. The number of halogens is 1. The van der Waals surface area contributed by atoms with E-state index in [0.29, 0.717) is 5.02 Å². The number of nitrogens with zero attached hydrogens (tertiary/aromatic N) is 1. The molecule has 0 aliphatic carbocycles. The first-order chi connectivity index (χ1) is 9.20. The van der Waals surface area contributed by atoms with Gasteiger partial charge in [0, 0.05) is 11.1 Å². The average Bonchev–Trinajstić information content (AvgIpc) is 2.45. The van der Waals surface area contributed by atoms with Crippen LogP contribution in [-0.4, -0.2) is 0 Å². The van der Waals surface area contributed by atoms with Crippen LogP contribution >= 0.6 is 11.6 Å². The van der Waals surface area contributed by atoms with Crippen LogP contribution in [0.5, 0.6) is 0 Å². The molecule has 2 nitrogen and oxygen atoms in total. The summed E-state index contributed by atoms with van der Waals surface area (Å²) in [5.74, 6) is 0. The van der Waals surface area contributed by atoms with Gasteiger partial charge in [-0.25, -0.2) is 0 Å². The molecular weight excluding hydrogens is 256 g/mol. The highest BCUT2D eigenvalue weighted by atomic mass is 35.5. The molecule has 0 fully saturated rings. The van der Waals surface area contributed by atoms with Crippen molar-refractivity contribution < 1.29 is 0 Å². The molecule has 0 aromatic heterocycles. The van der Waals surface area contributed by atoms with E-state index in [1.54, 1.807) is 6.07 Å². The molecule has 2 aromatic rings. The largest absolute Gasteiger partial charge is 0.292 e. The Balaban J connectivity index is 2.14. The van der Waals surface area contributed by atoms with Crippen molar-refractivity contribution in [2.24, 2.45) is 0 Å². The normalized spacial score (nSPS) is 13.5. The third kappa shape index (κ3) is 3.57. The Kier molecular flexibility index (Phi) is 4.57. The van der Waals surface area contributed by atoms with Crippen LogP contribution in [0.4, 0.5) is 0 Å². The Bertz CT molecular complexity index is 575. The van der Waals surface area contributed by atoms with E-state index in [2.05, 4.69) is 11.4 Å². The Morgan fingerprint density at radius 2 is 1.74 bits per heavy atom. The van der Waals surface area contributed by atoms with Crippen LogP contribution in [0.25, 0.3) is 0 Å². The molecule has 0 amide bonds. The van der Waals surface area contributed by atoms with E-state index in [4.69, 9.17) is 11.6 Å². The second kappa shape index (κ2) is 6.38. The summed E-state index contributed by atoms with van der Waals surface area (Å²) >= 11 is 5.96. The van der Waals surface area contributed by atoms with Gasteiger partial charge in [0.1, 0.15) is 6.04 Å². The quantitative estimate of drug-likeness (QED) is 0.901. The summed E-state index contributed by atoms with van der Waals surface area (Å²) in [7, 11) is 0. The summed E-state index contributed by atoms with van der Waals surface area (Å²) in [6.45, 7) is 2.05. The van der Waals surface area contributed by atoms with Crippen molar-refractivity contribution in [3.63, 3.8) is 0 Å². The highest BCUT2D eigenvalue weighted by molar-refractivity contribution is 6.30. The molecule has 2 atom stereocenters. The van der Waals surface area contributed by atoms with Gasteiger partial charge in [-0.1, -0.05) is 54.1 Å². The lowest BCUT2D eigenvalue weighted by atomic mass is 10.0. The van der Waals surface area contributed by atoms with Gasteiger partial charge in [-0.15, -0.1) is 0 Å². The van der Waals surface area contributed by atoms with Crippen molar-refractivity contribution >= 4 is 11.6 Å². The number of nitrogens with one attached hydrogen (secondary N) is 1. The molecular formula is C16H15ClN2. The maximum atomic E-state index is 9.31. The van der Waals surface area contributed by atoms with Crippen molar-refractivity contribution in [2.75, 3.05) is 0 Å². The van der Waals surface area contributed by atoms with Gasteiger partial charge in [0.15, 0.2) is 0 Å². The maximum absolute atomic E-state index is 9.31. The van der Waals surface area contributed by atoms with Crippen molar-refractivity contribution in [2.45, 2.75) is 19.0 Å². The minimum atomic E-state index is -0.367. The first-order valence-corrected chi connectivity index (χ1v) is 6.54. The minimum Gasteiger partial charge on any atom is -0.292 e. The summed E-state index contributed by atoms with van der Waals surface area (Å²) in [5, 5.41) is 13.3. The number of rotatable bonds is 4. The van der Waals surface area contributed by atoms with Gasteiger partial charge in [-0.3, -0.25) is 5.32 Å². The van der Waals surface area contributed by atoms with E-state index in [1.807, 2.05) is 55.5 Å². The fourth-order valence-electron chi connectivity index (χ4n) is 1.98. The molecule has 0 saturated carbocycles. The second-order valence-electron chi connectivity index (χ2n) is 4.42. The molecule has 2 aromatic carbocycles. The Morgan fingerprint density at radius 1 is 1.05 bits per heavy atom. The summed E-state index contributed by atoms with van der Waals surface area (Å²) in [6.07, 6.45) is 0. The standard InChI is InChI=1S/C16H15ClN2/c1-12(13-6-3-2-4-7-13)19-16(11-18)14-8-5-9-15(17)10-14/h2-10,12,16,19H,1H3/t12-,16+/m1/s1. The molecule has 1 N–H and O–H groups in total. The third-order valence-corrected chi connectivity index (χ3v) is 3.26. The van der Waals surface area contributed by atoms with Crippen molar-refractivity contribution in [3.8, 4) is 6.07 Å². The van der Waals surface area contributed by atoms with Crippen LogP contribution in [0, 0.1) is 11.3 Å². The molecule has 96 valence electrons. The lowest BCUT2D eigenvalue weighted by Crippen LogP contribution is -2.23. The molecule has 19 heavy (non-hydrogen) atoms. The van der Waals surface area contributed by atoms with Crippen LogP contribution in [0.15, 0.2) is 54.6 Å². The predicted octanol–water partition coefficient (Wildman–Crippen LogP) is 4.26. The zero-order valence-corrected chi connectivity index (χ0v) is 11.4. The number of benzene rings is 2. The number of hydrogen-bond acceptors (Lipinski definition) is 2. The van der Waals surface area contributed by atoms with Crippen LogP contribution in [-0.2, 0) is 0 Å². The fraction of sp³-hybridized carbons (Fsp3) is 0.188. The van der Waals surface area contributed by atoms with Crippen molar-refractivity contribution in [3.05, 3.63) is 70.7 Å². The van der Waals surface area contributed by atoms with Gasteiger partial charge in [-0.2, -0.15) is 5.26 Å². The summed E-state index contributed by atoms with van der Waals surface area (Å²) in [4.78, 5) is 0. The maximum Gasteiger partial charge on any atom is 0.121 e. The monoisotopic (exact) mass is 270 g/mol. The lowest BCUT2D eigenvalue weighted by Gasteiger charge is -2.19. The molecule has 0 aliphatic heterocycles. The predicted molar refractivity (Wildman–Crippen MR) is 77.8 cm³/mol. The molecule has 0 saturated heterocycles. The highest BCUT2D eigenvalue weighted by Gasteiger charge is 2.14. The molecule has 0 spiro atoms. The van der Waals surface area contributed by atoms with Gasteiger partial charge >= 0.3 is 0 Å². The average molecular weight is 271 g/mol. The van der Waals surface area contributed by atoms with Crippen LogP contribution in [0.3, 0.4) is 0 Å². The molecule has 0 heterocycles. The van der Waals surface area contributed by atoms with Gasteiger partial charge in [0.25, 0.3) is 0 Å². The SMILES string of the molecule is C[C@@H](N[C@@H](C#N)c1cccc(Cl)c1)c1ccccc1. The topological polar surface area (TPSA) is 35.8 Å². The zero-order valence-electron chi connectivity index (χ0n) is 10.7. The van der Waals surface area contributed by atoms with Crippen LogP contribution in [0.1, 0.15) is 30.1 Å². The number of nitriles is 1.